The molecular weight excluding hydrogens is 170 g/mol. The summed E-state index contributed by atoms with van der Waals surface area (Å²) in [5, 5.41) is 0. The molecule has 4 fully saturated rings. The van der Waals surface area contributed by atoms with Gasteiger partial charge in [-0.25, -0.2) is 0 Å². The molecule has 1 heteroatoms. The summed E-state index contributed by atoms with van der Waals surface area (Å²) in [5.41, 5.74) is 6.36. The largest absolute Gasteiger partial charge is 0.327 e. The molecule has 78 valence electrons. The summed E-state index contributed by atoms with van der Waals surface area (Å²) >= 11 is 0. The third-order valence-corrected chi connectivity index (χ3v) is 5.59. The summed E-state index contributed by atoms with van der Waals surface area (Å²) in [6.45, 7) is 0. The third-order valence-electron chi connectivity index (χ3n) is 5.59. The van der Waals surface area contributed by atoms with Crippen molar-refractivity contribution in [1.29, 1.82) is 0 Å². The van der Waals surface area contributed by atoms with Crippen LogP contribution in [0.15, 0.2) is 0 Å². The summed E-state index contributed by atoms with van der Waals surface area (Å²) < 4.78 is 0. The van der Waals surface area contributed by atoms with Crippen LogP contribution in [0.25, 0.3) is 0 Å². The van der Waals surface area contributed by atoms with Crippen LogP contribution in [0.4, 0.5) is 0 Å². The second kappa shape index (κ2) is 2.55. The lowest BCUT2D eigenvalue weighted by molar-refractivity contribution is 0.388. The molecule has 0 radical (unpaired) electrons. The maximum absolute atomic E-state index is 6.36. The Labute approximate surface area is 86.4 Å². The summed E-state index contributed by atoms with van der Waals surface area (Å²) in [6.07, 6.45) is 8.96. The first kappa shape index (κ1) is 8.15. The van der Waals surface area contributed by atoms with Crippen LogP contribution in [0.5, 0.6) is 0 Å². The van der Waals surface area contributed by atoms with Crippen molar-refractivity contribution in [1.82, 2.24) is 0 Å². The molecule has 2 N–H and O–H groups in total. The molecule has 0 aromatic heterocycles. The first-order valence-corrected chi connectivity index (χ1v) is 6.60. The van der Waals surface area contributed by atoms with Gasteiger partial charge in [-0.2, -0.15) is 0 Å². The minimum Gasteiger partial charge on any atom is -0.327 e. The van der Waals surface area contributed by atoms with Crippen molar-refractivity contribution in [2.45, 2.75) is 44.6 Å². The minimum absolute atomic E-state index is 0.584. The molecule has 14 heavy (non-hydrogen) atoms. The van der Waals surface area contributed by atoms with Gasteiger partial charge in [-0.1, -0.05) is 12.8 Å². The van der Waals surface area contributed by atoms with Crippen molar-refractivity contribution in [3.63, 3.8) is 0 Å². The van der Waals surface area contributed by atoms with Crippen LogP contribution in [-0.4, -0.2) is 6.04 Å². The van der Waals surface area contributed by atoms with E-state index in [0.717, 1.165) is 35.5 Å². The lowest BCUT2D eigenvalue weighted by atomic mass is 9.95. The van der Waals surface area contributed by atoms with Gasteiger partial charge in [0.2, 0.25) is 0 Å². The summed E-state index contributed by atoms with van der Waals surface area (Å²) in [4.78, 5) is 0. The highest BCUT2D eigenvalue weighted by Crippen LogP contribution is 2.70. The summed E-state index contributed by atoms with van der Waals surface area (Å²) in [5.74, 6) is 6.43. The molecule has 4 saturated carbocycles. The van der Waals surface area contributed by atoms with Gasteiger partial charge in [0.25, 0.3) is 0 Å². The van der Waals surface area contributed by atoms with Gasteiger partial charge in [-0.15, -0.1) is 0 Å². The third kappa shape index (κ3) is 0.997. The van der Waals surface area contributed by atoms with E-state index in [1.807, 2.05) is 0 Å². The van der Waals surface area contributed by atoms with Gasteiger partial charge in [0.15, 0.2) is 0 Å². The van der Waals surface area contributed by atoms with E-state index in [1.54, 1.807) is 19.3 Å². The van der Waals surface area contributed by atoms with Crippen LogP contribution in [0.2, 0.25) is 0 Å². The van der Waals surface area contributed by atoms with Gasteiger partial charge >= 0.3 is 0 Å². The zero-order valence-corrected chi connectivity index (χ0v) is 8.86. The average molecular weight is 191 g/mol. The van der Waals surface area contributed by atoms with Crippen molar-refractivity contribution in [3.8, 4) is 0 Å². The van der Waals surface area contributed by atoms with Gasteiger partial charge in [-0.05, 0) is 61.2 Å². The molecule has 0 aromatic rings. The predicted molar refractivity (Wildman–Crippen MR) is 56.6 cm³/mol. The van der Waals surface area contributed by atoms with Gasteiger partial charge < -0.3 is 5.73 Å². The van der Waals surface area contributed by atoms with E-state index in [2.05, 4.69) is 0 Å². The van der Waals surface area contributed by atoms with Crippen molar-refractivity contribution in [3.05, 3.63) is 0 Å². The highest BCUT2D eigenvalue weighted by atomic mass is 14.8. The van der Waals surface area contributed by atoms with E-state index >= 15 is 0 Å². The van der Waals surface area contributed by atoms with E-state index in [-0.39, 0.29) is 0 Å². The molecule has 0 amide bonds. The Balaban J connectivity index is 1.44. The second-order valence-electron chi connectivity index (χ2n) is 6.41. The molecule has 0 saturated heterocycles. The maximum Gasteiger partial charge on any atom is 0.00755 e. The zero-order valence-electron chi connectivity index (χ0n) is 8.86. The monoisotopic (exact) mass is 191 g/mol. The Morgan fingerprint density at radius 1 is 1.00 bits per heavy atom. The molecule has 0 aromatic carbocycles. The van der Waals surface area contributed by atoms with E-state index in [0.29, 0.717) is 6.04 Å². The molecule has 5 atom stereocenters. The molecule has 4 aliphatic rings. The van der Waals surface area contributed by atoms with Gasteiger partial charge in [0.1, 0.15) is 0 Å². The lowest BCUT2D eigenvalue weighted by Crippen LogP contribution is -2.26. The average Bonchev–Trinajstić information content (AvgIpc) is 3.06. The molecule has 1 nitrogen and oxygen atoms in total. The number of rotatable bonds is 3. The molecule has 5 unspecified atom stereocenters. The number of hydrogen-bond donors (Lipinski definition) is 1. The molecule has 4 rings (SSSR count). The normalized spacial score (nSPS) is 55.9. The Bertz CT molecular complexity index is 242. The Morgan fingerprint density at radius 2 is 1.64 bits per heavy atom. The SMILES string of the molecule is NC(CC1CC1)C1C2C3CCC(C3)C12. The Kier molecular flexibility index (Phi) is 1.49. The summed E-state index contributed by atoms with van der Waals surface area (Å²) in [7, 11) is 0. The topological polar surface area (TPSA) is 26.0 Å². The fourth-order valence-corrected chi connectivity index (χ4v) is 4.86. The van der Waals surface area contributed by atoms with Crippen molar-refractivity contribution >= 4 is 0 Å². The Morgan fingerprint density at radius 3 is 2.21 bits per heavy atom. The molecule has 0 spiro atoms. The number of fused-ring (bicyclic) bond motifs is 5. The highest BCUT2D eigenvalue weighted by Gasteiger charge is 2.66. The fourth-order valence-electron chi connectivity index (χ4n) is 4.86. The van der Waals surface area contributed by atoms with Crippen LogP contribution >= 0.6 is 0 Å². The number of hydrogen-bond acceptors (Lipinski definition) is 1. The minimum atomic E-state index is 0.584. The summed E-state index contributed by atoms with van der Waals surface area (Å²) in [6, 6.07) is 0.584. The quantitative estimate of drug-likeness (QED) is 0.728. The first-order chi connectivity index (χ1) is 6.84. The number of nitrogens with two attached hydrogens (primary N) is 1. The van der Waals surface area contributed by atoms with Crippen molar-refractivity contribution in [2.75, 3.05) is 0 Å². The van der Waals surface area contributed by atoms with E-state index in [9.17, 15) is 0 Å². The van der Waals surface area contributed by atoms with E-state index in [1.165, 1.54) is 19.3 Å². The van der Waals surface area contributed by atoms with Gasteiger partial charge in [-0.3, -0.25) is 0 Å². The van der Waals surface area contributed by atoms with Crippen molar-refractivity contribution in [2.24, 2.45) is 41.2 Å². The van der Waals surface area contributed by atoms with E-state index in [4.69, 9.17) is 5.73 Å². The second-order valence-corrected chi connectivity index (χ2v) is 6.41. The first-order valence-electron chi connectivity index (χ1n) is 6.60. The molecule has 0 heterocycles. The van der Waals surface area contributed by atoms with E-state index < -0.39 is 0 Å². The van der Waals surface area contributed by atoms with Crippen LogP contribution in [0, 0.1) is 35.5 Å². The van der Waals surface area contributed by atoms with Crippen LogP contribution in [-0.2, 0) is 0 Å². The molecule has 0 aliphatic heterocycles. The molecule has 4 aliphatic carbocycles. The lowest BCUT2D eigenvalue weighted by Gasteiger charge is -2.15. The predicted octanol–water partition coefficient (Wildman–Crippen LogP) is 2.41. The fraction of sp³-hybridized carbons (Fsp3) is 1.00. The van der Waals surface area contributed by atoms with Gasteiger partial charge in [0, 0.05) is 6.04 Å². The maximum atomic E-state index is 6.36. The van der Waals surface area contributed by atoms with Gasteiger partial charge in [0.05, 0.1) is 0 Å². The standard InChI is InChI=1S/C13H21N/c14-10(5-7-1-2-7)13-11-8-3-4-9(6-8)12(11)13/h7-13H,1-6,14H2. The Hall–Kier alpha value is -0.0400. The molecule has 2 bridgehead atoms. The smallest absolute Gasteiger partial charge is 0.00755 e. The van der Waals surface area contributed by atoms with Crippen LogP contribution in [0.1, 0.15) is 38.5 Å². The highest BCUT2D eigenvalue weighted by molar-refractivity contribution is 5.15. The van der Waals surface area contributed by atoms with Crippen LogP contribution in [0.3, 0.4) is 0 Å². The zero-order chi connectivity index (χ0) is 9.28. The molecular formula is C13H21N. The van der Waals surface area contributed by atoms with Crippen molar-refractivity contribution < 1.29 is 0 Å². The van der Waals surface area contributed by atoms with Crippen LogP contribution < -0.4 is 5.73 Å².